The van der Waals surface area contributed by atoms with Gasteiger partial charge in [0.1, 0.15) is 5.54 Å². The number of carbonyl (C=O) groups is 5. The number of rotatable bonds is 5. The quantitative estimate of drug-likeness (QED) is 0.439. The van der Waals surface area contributed by atoms with Crippen LogP contribution in [0.15, 0.2) is 24.3 Å². The molecule has 0 radical (unpaired) electrons. The highest BCUT2D eigenvalue weighted by Crippen LogP contribution is 2.26. The number of nitrogens with zero attached hydrogens (tertiary/aromatic N) is 3. The standard InChI is InChI=1S/C24H27Cl2N5O5/c25-17-3-1-16(15-18(17)26)2-4-19(32)29-9-5-20(33)30(14-13-29)10-6-21(34)31-11-7-24(8-12-31)22(35)27-23(36)28-24/h1-4,15H,5-14H2,(H2,27,28,35,36)/b4-2+. The lowest BCUT2D eigenvalue weighted by Gasteiger charge is -2.37. The Morgan fingerprint density at radius 1 is 0.972 bits per heavy atom. The van der Waals surface area contributed by atoms with Crippen molar-refractivity contribution in [2.24, 2.45) is 0 Å². The molecule has 12 heteroatoms. The van der Waals surface area contributed by atoms with E-state index < -0.39 is 11.6 Å². The molecule has 3 aliphatic rings. The number of likely N-dealkylation sites (tertiary alicyclic amines) is 1. The second kappa shape index (κ2) is 10.9. The van der Waals surface area contributed by atoms with E-state index in [1.807, 2.05) is 0 Å². The van der Waals surface area contributed by atoms with E-state index in [4.69, 9.17) is 23.2 Å². The van der Waals surface area contributed by atoms with Crippen molar-refractivity contribution >= 4 is 58.9 Å². The largest absolute Gasteiger partial charge is 0.342 e. The molecule has 0 bridgehead atoms. The molecule has 0 saturated carbocycles. The van der Waals surface area contributed by atoms with Crippen molar-refractivity contribution in [2.75, 3.05) is 39.3 Å². The highest BCUT2D eigenvalue weighted by Gasteiger charge is 2.48. The molecule has 3 heterocycles. The molecule has 0 unspecified atom stereocenters. The first kappa shape index (κ1) is 26.0. The number of benzene rings is 1. The maximum atomic E-state index is 12.7. The number of imide groups is 1. The zero-order valence-electron chi connectivity index (χ0n) is 19.6. The third-order valence-electron chi connectivity index (χ3n) is 6.84. The monoisotopic (exact) mass is 535 g/mol. The van der Waals surface area contributed by atoms with Crippen molar-refractivity contribution in [1.29, 1.82) is 0 Å². The summed E-state index contributed by atoms with van der Waals surface area (Å²) in [7, 11) is 0. The number of nitrogens with one attached hydrogen (secondary N) is 2. The molecule has 1 aromatic carbocycles. The summed E-state index contributed by atoms with van der Waals surface area (Å²) in [5, 5.41) is 5.76. The summed E-state index contributed by atoms with van der Waals surface area (Å²) in [5.41, 5.74) is -0.192. The SMILES string of the molecule is O=C1NC(=O)C2(CCN(C(=O)CCN3CCN(C(=O)/C=C/c4ccc(Cl)c(Cl)c4)CCC3=O)CC2)N1. The number of carbonyl (C=O) groups excluding carboxylic acids is 5. The Labute approximate surface area is 218 Å². The van der Waals surface area contributed by atoms with Crippen molar-refractivity contribution < 1.29 is 24.0 Å². The number of halogens is 2. The van der Waals surface area contributed by atoms with Gasteiger partial charge in [-0.1, -0.05) is 29.3 Å². The topological polar surface area (TPSA) is 119 Å². The Morgan fingerprint density at radius 3 is 2.39 bits per heavy atom. The van der Waals surface area contributed by atoms with Gasteiger partial charge in [-0.2, -0.15) is 0 Å². The van der Waals surface area contributed by atoms with Crippen LogP contribution in [0.2, 0.25) is 10.0 Å². The molecule has 192 valence electrons. The maximum absolute atomic E-state index is 12.7. The summed E-state index contributed by atoms with van der Waals surface area (Å²) in [5.74, 6) is -0.767. The van der Waals surface area contributed by atoms with Gasteiger partial charge >= 0.3 is 6.03 Å². The van der Waals surface area contributed by atoms with E-state index in [2.05, 4.69) is 10.6 Å². The third kappa shape index (κ3) is 5.82. The molecule has 1 spiro atoms. The van der Waals surface area contributed by atoms with Gasteiger partial charge in [0.2, 0.25) is 17.7 Å². The fourth-order valence-electron chi connectivity index (χ4n) is 4.62. The van der Waals surface area contributed by atoms with Crippen LogP contribution in [0.5, 0.6) is 0 Å². The lowest BCUT2D eigenvalue weighted by molar-refractivity contribution is -0.137. The van der Waals surface area contributed by atoms with Crippen molar-refractivity contribution in [3.63, 3.8) is 0 Å². The van der Waals surface area contributed by atoms with Crippen molar-refractivity contribution in [1.82, 2.24) is 25.3 Å². The average Bonchev–Trinajstić information content (AvgIpc) is 3.00. The summed E-state index contributed by atoms with van der Waals surface area (Å²) >= 11 is 11.9. The smallest absolute Gasteiger partial charge is 0.322 e. The Bertz CT molecular complexity index is 1120. The summed E-state index contributed by atoms with van der Waals surface area (Å²) < 4.78 is 0. The van der Waals surface area contributed by atoms with Crippen LogP contribution in [0.25, 0.3) is 6.08 Å². The Morgan fingerprint density at radius 2 is 1.72 bits per heavy atom. The molecule has 1 aromatic rings. The molecule has 2 N–H and O–H groups in total. The minimum absolute atomic E-state index is 0.102. The molecule has 3 fully saturated rings. The van der Waals surface area contributed by atoms with Crippen molar-refractivity contribution in [2.45, 2.75) is 31.2 Å². The van der Waals surface area contributed by atoms with Crippen LogP contribution < -0.4 is 10.6 Å². The Balaban J connectivity index is 1.24. The van der Waals surface area contributed by atoms with Crippen LogP contribution in [0.1, 0.15) is 31.2 Å². The van der Waals surface area contributed by atoms with Gasteiger partial charge in [0.15, 0.2) is 0 Å². The van der Waals surface area contributed by atoms with Crippen LogP contribution in [0.4, 0.5) is 4.79 Å². The first-order valence-corrected chi connectivity index (χ1v) is 12.5. The van der Waals surface area contributed by atoms with Crippen molar-refractivity contribution in [3.8, 4) is 0 Å². The van der Waals surface area contributed by atoms with Crippen LogP contribution in [-0.4, -0.2) is 89.2 Å². The zero-order chi connectivity index (χ0) is 25.9. The molecule has 36 heavy (non-hydrogen) atoms. The van der Waals surface area contributed by atoms with E-state index in [1.54, 1.807) is 39.0 Å². The molecular formula is C24H27Cl2N5O5. The van der Waals surface area contributed by atoms with Gasteiger partial charge in [0.25, 0.3) is 5.91 Å². The Kier molecular flexibility index (Phi) is 7.85. The lowest BCUT2D eigenvalue weighted by Crippen LogP contribution is -2.56. The summed E-state index contributed by atoms with van der Waals surface area (Å²) in [6.07, 6.45) is 4.14. The molecule has 0 aromatic heterocycles. The molecule has 4 rings (SSSR count). The van der Waals surface area contributed by atoms with E-state index in [1.165, 1.54) is 6.08 Å². The normalized spacial score (nSPS) is 20.1. The van der Waals surface area contributed by atoms with Crippen LogP contribution in [-0.2, 0) is 19.2 Å². The van der Waals surface area contributed by atoms with E-state index in [0.717, 1.165) is 5.56 Å². The predicted octanol–water partition coefficient (Wildman–Crippen LogP) is 1.66. The summed E-state index contributed by atoms with van der Waals surface area (Å²) in [6.45, 7) is 1.98. The number of piperidine rings is 1. The summed E-state index contributed by atoms with van der Waals surface area (Å²) in [6, 6.07) is 4.57. The van der Waals surface area contributed by atoms with Gasteiger partial charge < -0.3 is 20.0 Å². The lowest BCUT2D eigenvalue weighted by atomic mass is 9.87. The molecule has 3 aliphatic heterocycles. The highest BCUT2D eigenvalue weighted by molar-refractivity contribution is 6.42. The zero-order valence-corrected chi connectivity index (χ0v) is 21.1. The van der Waals surface area contributed by atoms with E-state index in [0.29, 0.717) is 55.6 Å². The number of hydrogen-bond acceptors (Lipinski definition) is 5. The number of hydrogen-bond donors (Lipinski definition) is 2. The van der Waals surface area contributed by atoms with E-state index in [-0.39, 0.29) is 43.0 Å². The maximum Gasteiger partial charge on any atom is 0.322 e. The minimum atomic E-state index is -0.932. The summed E-state index contributed by atoms with van der Waals surface area (Å²) in [4.78, 5) is 66.4. The van der Waals surface area contributed by atoms with Crippen LogP contribution in [0.3, 0.4) is 0 Å². The molecule has 10 nitrogen and oxygen atoms in total. The highest BCUT2D eigenvalue weighted by atomic mass is 35.5. The third-order valence-corrected chi connectivity index (χ3v) is 7.58. The van der Waals surface area contributed by atoms with Gasteiger partial charge in [-0.15, -0.1) is 0 Å². The van der Waals surface area contributed by atoms with E-state index >= 15 is 0 Å². The second-order valence-corrected chi connectivity index (χ2v) is 9.90. The minimum Gasteiger partial charge on any atom is -0.342 e. The molecule has 0 atom stereocenters. The number of amides is 6. The first-order chi connectivity index (χ1) is 17.2. The average molecular weight is 536 g/mol. The number of urea groups is 1. The first-order valence-electron chi connectivity index (χ1n) is 11.8. The molecule has 6 amide bonds. The Hall–Kier alpha value is -3.11. The van der Waals surface area contributed by atoms with Crippen molar-refractivity contribution in [3.05, 3.63) is 39.9 Å². The molecule has 0 aliphatic carbocycles. The fraction of sp³-hybridized carbons (Fsp3) is 0.458. The van der Waals surface area contributed by atoms with Crippen LogP contribution in [0, 0.1) is 0 Å². The molecular weight excluding hydrogens is 509 g/mol. The van der Waals surface area contributed by atoms with Gasteiger partial charge in [-0.05, 0) is 36.6 Å². The van der Waals surface area contributed by atoms with Crippen LogP contribution >= 0.6 is 23.2 Å². The van der Waals surface area contributed by atoms with Gasteiger partial charge in [0, 0.05) is 58.2 Å². The van der Waals surface area contributed by atoms with Gasteiger partial charge in [-0.25, -0.2) is 4.79 Å². The van der Waals surface area contributed by atoms with E-state index in [9.17, 15) is 24.0 Å². The predicted molar refractivity (Wildman–Crippen MR) is 133 cm³/mol. The molecule has 3 saturated heterocycles. The fourth-order valence-corrected chi connectivity index (χ4v) is 4.93. The second-order valence-electron chi connectivity index (χ2n) is 9.08. The van der Waals surface area contributed by atoms with Gasteiger partial charge in [0.05, 0.1) is 10.0 Å². The van der Waals surface area contributed by atoms with Gasteiger partial charge in [-0.3, -0.25) is 24.5 Å².